The summed E-state index contributed by atoms with van der Waals surface area (Å²) in [6.45, 7) is 2.63. The number of amides is 1. The van der Waals surface area contributed by atoms with Crippen LogP contribution in [0.1, 0.15) is 40.7 Å². The van der Waals surface area contributed by atoms with Crippen LogP contribution < -0.4 is 20.9 Å². The number of nitrogens with one attached hydrogen (secondary N) is 1. The zero-order valence-corrected chi connectivity index (χ0v) is 20.5. The van der Waals surface area contributed by atoms with E-state index in [1.807, 2.05) is 23.1 Å². The van der Waals surface area contributed by atoms with E-state index in [0.717, 1.165) is 38.8 Å². The topological polar surface area (TPSA) is 115 Å². The maximum Gasteiger partial charge on any atom is 0.254 e. The minimum Gasteiger partial charge on any atom is -0.493 e. The van der Waals surface area contributed by atoms with Crippen LogP contribution in [0.2, 0.25) is 0 Å². The Balaban J connectivity index is 1.51. The molecule has 1 aliphatic rings. The van der Waals surface area contributed by atoms with Gasteiger partial charge in [-0.3, -0.25) is 10.2 Å². The number of piperidine rings is 1. The van der Waals surface area contributed by atoms with Crippen molar-refractivity contribution in [1.29, 1.82) is 5.41 Å². The first-order valence-electron chi connectivity index (χ1n) is 12.5. The van der Waals surface area contributed by atoms with Crippen molar-refractivity contribution in [2.24, 2.45) is 17.4 Å². The second kappa shape index (κ2) is 12.2. The van der Waals surface area contributed by atoms with E-state index in [9.17, 15) is 4.79 Å². The molecule has 0 saturated carbocycles. The Morgan fingerprint density at radius 3 is 2.28 bits per heavy atom. The van der Waals surface area contributed by atoms with Crippen LogP contribution >= 0.6 is 0 Å². The van der Waals surface area contributed by atoms with E-state index in [1.165, 1.54) is 5.56 Å². The number of nitrogen functional groups attached to an aromatic ring is 1. The van der Waals surface area contributed by atoms with E-state index in [-0.39, 0.29) is 11.7 Å². The third-order valence-electron chi connectivity index (χ3n) is 6.51. The number of hydrogen-bond donors (Lipinski definition) is 3. The molecule has 1 saturated heterocycles. The summed E-state index contributed by atoms with van der Waals surface area (Å²) >= 11 is 0. The van der Waals surface area contributed by atoms with Gasteiger partial charge in [0.05, 0.1) is 6.61 Å². The maximum atomic E-state index is 13.4. The van der Waals surface area contributed by atoms with Gasteiger partial charge in [0, 0.05) is 36.7 Å². The Kier molecular flexibility index (Phi) is 8.57. The van der Waals surface area contributed by atoms with Gasteiger partial charge in [-0.1, -0.05) is 30.3 Å². The highest BCUT2D eigenvalue weighted by atomic mass is 16.5. The van der Waals surface area contributed by atoms with Crippen LogP contribution in [0.4, 0.5) is 0 Å². The lowest BCUT2D eigenvalue weighted by molar-refractivity contribution is 0.0687. The molecule has 7 heteroatoms. The molecule has 3 aromatic carbocycles. The zero-order chi connectivity index (χ0) is 25.3. The van der Waals surface area contributed by atoms with Gasteiger partial charge < -0.3 is 25.8 Å². The lowest BCUT2D eigenvalue weighted by Crippen LogP contribution is -2.38. The van der Waals surface area contributed by atoms with Crippen LogP contribution in [0.15, 0.2) is 72.8 Å². The number of hydrogen-bond acceptors (Lipinski definition) is 5. The molecule has 3 aromatic rings. The molecular weight excluding hydrogens is 452 g/mol. The monoisotopic (exact) mass is 486 g/mol. The minimum atomic E-state index is -0.0218. The lowest BCUT2D eigenvalue weighted by atomic mass is 9.93. The third-order valence-corrected chi connectivity index (χ3v) is 6.51. The first-order chi connectivity index (χ1) is 17.5. The summed E-state index contributed by atoms with van der Waals surface area (Å²) in [4.78, 5) is 15.3. The summed E-state index contributed by atoms with van der Waals surface area (Å²) in [5.41, 5.74) is 13.6. The van der Waals surface area contributed by atoms with Gasteiger partial charge in [0.2, 0.25) is 0 Å². The Hall–Kier alpha value is -3.84. The highest BCUT2D eigenvalue weighted by Gasteiger charge is 2.24. The normalized spacial score (nSPS) is 13.9. The summed E-state index contributed by atoms with van der Waals surface area (Å²) in [6.07, 6.45) is 3.72. The van der Waals surface area contributed by atoms with Crippen molar-refractivity contribution < 1.29 is 14.3 Å². The third kappa shape index (κ3) is 6.86. The van der Waals surface area contributed by atoms with Crippen molar-refractivity contribution in [1.82, 2.24) is 4.90 Å². The SMILES string of the molecule is N=C(N)c1ccc(Oc2cc(OCCc3ccccc3)cc(C(=O)N3CCC(CCN)CC3)c2)cc1. The van der Waals surface area contributed by atoms with E-state index < -0.39 is 0 Å². The molecule has 1 amide bonds. The van der Waals surface area contributed by atoms with E-state index in [2.05, 4.69) is 12.1 Å². The van der Waals surface area contributed by atoms with Crippen LogP contribution in [0.25, 0.3) is 0 Å². The first-order valence-corrected chi connectivity index (χ1v) is 12.5. The van der Waals surface area contributed by atoms with Crippen LogP contribution in [-0.2, 0) is 6.42 Å². The molecule has 0 atom stereocenters. The first kappa shape index (κ1) is 25.3. The standard InChI is InChI=1S/C29H34N4O3/c30-14-10-22-11-15-33(16-12-22)29(34)24-18-26(35-17-13-21-4-2-1-3-5-21)20-27(19-24)36-25-8-6-23(7-9-25)28(31)32/h1-9,18-20,22H,10-17,30H2,(H3,31,32). The molecule has 5 N–H and O–H groups in total. The maximum absolute atomic E-state index is 13.4. The number of nitrogens with zero attached hydrogens (tertiary/aromatic N) is 1. The molecule has 4 rings (SSSR count). The molecule has 36 heavy (non-hydrogen) atoms. The average molecular weight is 487 g/mol. The van der Waals surface area contributed by atoms with Gasteiger partial charge in [-0.2, -0.15) is 0 Å². The van der Waals surface area contributed by atoms with Gasteiger partial charge in [-0.15, -0.1) is 0 Å². The molecule has 0 aromatic heterocycles. The minimum absolute atomic E-state index is 0.00141. The van der Waals surface area contributed by atoms with Gasteiger partial charge in [0.15, 0.2) is 0 Å². The molecular formula is C29H34N4O3. The quantitative estimate of drug-likeness (QED) is 0.287. The number of carbonyl (C=O) groups excluding carboxylic acids is 1. The number of benzene rings is 3. The predicted octanol–water partition coefficient (Wildman–Crippen LogP) is 4.59. The van der Waals surface area contributed by atoms with E-state index >= 15 is 0 Å². The van der Waals surface area contributed by atoms with Crippen molar-refractivity contribution in [3.8, 4) is 17.2 Å². The highest BCUT2D eigenvalue weighted by Crippen LogP contribution is 2.30. The van der Waals surface area contributed by atoms with Gasteiger partial charge in [-0.05, 0) is 73.7 Å². The van der Waals surface area contributed by atoms with Crippen LogP contribution in [0, 0.1) is 11.3 Å². The summed E-state index contributed by atoms with van der Waals surface area (Å²) in [7, 11) is 0. The van der Waals surface area contributed by atoms with Crippen molar-refractivity contribution in [2.75, 3.05) is 26.2 Å². The van der Waals surface area contributed by atoms with Gasteiger partial charge in [0.1, 0.15) is 23.1 Å². The van der Waals surface area contributed by atoms with Crippen LogP contribution in [0.5, 0.6) is 17.2 Å². The number of nitrogens with two attached hydrogens (primary N) is 2. The number of likely N-dealkylation sites (tertiary alicyclic amines) is 1. The lowest BCUT2D eigenvalue weighted by Gasteiger charge is -2.32. The Labute approximate surface area is 212 Å². The van der Waals surface area contributed by atoms with Gasteiger partial charge in [-0.25, -0.2) is 0 Å². The van der Waals surface area contributed by atoms with Crippen molar-refractivity contribution >= 4 is 11.7 Å². The van der Waals surface area contributed by atoms with Crippen LogP contribution in [-0.4, -0.2) is 42.9 Å². The van der Waals surface area contributed by atoms with Crippen LogP contribution in [0.3, 0.4) is 0 Å². The molecule has 0 aliphatic carbocycles. The second-order valence-corrected chi connectivity index (χ2v) is 9.13. The van der Waals surface area contributed by atoms with Crippen molar-refractivity contribution in [2.45, 2.75) is 25.7 Å². The molecule has 1 fully saturated rings. The highest BCUT2D eigenvalue weighted by molar-refractivity contribution is 5.95. The number of carbonyl (C=O) groups is 1. The van der Waals surface area contributed by atoms with Crippen molar-refractivity contribution in [3.63, 3.8) is 0 Å². The molecule has 0 bridgehead atoms. The Morgan fingerprint density at radius 1 is 0.917 bits per heavy atom. The average Bonchev–Trinajstić information content (AvgIpc) is 2.90. The van der Waals surface area contributed by atoms with Crippen molar-refractivity contribution in [3.05, 3.63) is 89.5 Å². The zero-order valence-electron chi connectivity index (χ0n) is 20.5. The van der Waals surface area contributed by atoms with Gasteiger partial charge in [0.25, 0.3) is 5.91 Å². The second-order valence-electron chi connectivity index (χ2n) is 9.13. The van der Waals surface area contributed by atoms with E-state index in [0.29, 0.717) is 47.4 Å². The predicted molar refractivity (Wildman–Crippen MR) is 142 cm³/mol. The smallest absolute Gasteiger partial charge is 0.254 e. The molecule has 1 aliphatic heterocycles. The number of rotatable bonds is 10. The number of ether oxygens (including phenoxy) is 2. The molecule has 188 valence electrons. The molecule has 0 spiro atoms. The molecule has 1 heterocycles. The fraction of sp³-hybridized carbons (Fsp3) is 0.310. The molecule has 0 unspecified atom stereocenters. The largest absolute Gasteiger partial charge is 0.493 e. The van der Waals surface area contributed by atoms with E-state index in [4.69, 9.17) is 26.4 Å². The Bertz CT molecular complexity index is 1160. The summed E-state index contributed by atoms with van der Waals surface area (Å²) < 4.78 is 12.1. The summed E-state index contributed by atoms with van der Waals surface area (Å²) in [5, 5.41) is 7.56. The molecule has 7 nitrogen and oxygen atoms in total. The van der Waals surface area contributed by atoms with E-state index in [1.54, 1.807) is 42.5 Å². The Morgan fingerprint density at radius 2 is 1.61 bits per heavy atom. The molecule has 0 radical (unpaired) electrons. The number of amidine groups is 1. The van der Waals surface area contributed by atoms with Gasteiger partial charge >= 0.3 is 0 Å². The summed E-state index contributed by atoms with van der Waals surface area (Å²) in [6, 6.07) is 22.5. The fourth-order valence-corrected chi connectivity index (χ4v) is 4.45. The fourth-order valence-electron chi connectivity index (χ4n) is 4.45. The summed E-state index contributed by atoms with van der Waals surface area (Å²) in [5.74, 6) is 2.25.